The summed E-state index contributed by atoms with van der Waals surface area (Å²) in [6, 6.07) is 15.3. The zero-order valence-corrected chi connectivity index (χ0v) is 13.5. The van der Waals surface area contributed by atoms with Gasteiger partial charge in [0.05, 0.1) is 17.4 Å². The monoisotopic (exact) mass is 337 g/mol. The van der Waals surface area contributed by atoms with Crippen LogP contribution < -0.4 is 0 Å². The van der Waals surface area contributed by atoms with E-state index in [1.165, 1.54) is 5.56 Å². The lowest BCUT2D eigenvalue weighted by Crippen LogP contribution is -1.99. The number of halogens is 1. The molecular weight excluding hydrogens is 326 g/mol. The van der Waals surface area contributed by atoms with Crippen LogP contribution in [0, 0.1) is 6.92 Å². The van der Waals surface area contributed by atoms with Crippen LogP contribution in [0.25, 0.3) is 28.4 Å². The van der Waals surface area contributed by atoms with Crippen molar-refractivity contribution in [1.29, 1.82) is 0 Å². The Labute approximate surface area is 142 Å². The molecule has 118 valence electrons. The van der Waals surface area contributed by atoms with Crippen LogP contribution in [-0.2, 0) is 0 Å². The average molecular weight is 338 g/mol. The van der Waals surface area contributed by atoms with E-state index in [4.69, 9.17) is 16.1 Å². The Bertz CT molecular complexity index is 891. The number of benzene rings is 2. The number of nitrogens with zero attached hydrogens (tertiary/aromatic N) is 5. The van der Waals surface area contributed by atoms with Gasteiger partial charge in [0.15, 0.2) is 11.6 Å². The third-order valence-corrected chi connectivity index (χ3v) is 3.92. The molecule has 2 aromatic heterocycles. The van der Waals surface area contributed by atoms with Crippen molar-refractivity contribution in [3.8, 4) is 28.4 Å². The third kappa shape index (κ3) is 2.57. The first-order valence-corrected chi connectivity index (χ1v) is 7.66. The van der Waals surface area contributed by atoms with Gasteiger partial charge in [-0.15, -0.1) is 5.10 Å². The lowest BCUT2D eigenvalue weighted by Gasteiger charge is -2.05. The molecule has 0 atom stereocenters. The van der Waals surface area contributed by atoms with Crippen LogP contribution in [0.3, 0.4) is 0 Å². The highest BCUT2D eigenvalue weighted by molar-refractivity contribution is 6.30. The molecule has 2 heterocycles. The smallest absolute Gasteiger partial charge is 0.192 e. The van der Waals surface area contributed by atoms with E-state index in [1.807, 2.05) is 43.3 Å². The van der Waals surface area contributed by atoms with Crippen molar-refractivity contribution < 1.29 is 4.52 Å². The number of rotatable bonds is 3. The molecule has 0 fully saturated rings. The Hall–Kier alpha value is -2.99. The molecule has 0 N–H and O–H groups in total. The van der Waals surface area contributed by atoms with Crippen LogP contribution in [0.4, 0.5) is 0 Å². The van der Waals surface area contributed by atoms with Gasteiger partial charge in [0.2, 0.25) is 0 Å². The molecule has 0 saturated heterocycles. The van der Waals surface area contributed by atoms with E-state index in [0.717, 1.165) is 11.3 Å². The summed E-state index contributed by atoms with van der Waals surface area (Å²) in [5, 5.41) is 16.6. The van der Waals surface area contributed by atoms with Crippen molar-refractivity contribution in [2.24, 2.45) is 0 Å². The van der Waals surface area contributed by atoms with E-state index in [1.54, 1.807) is 23.0 Å². The highest BCUT2D eigenvalue weighted by atomic mass is 35.5. The van der Waals surface area contributed by atoms with Crippen LogP contribution in [0.2, 0.25) is 5.02 Å². The molecular formula is C17H12ClN5O. The van der Waals surface area contributed by atoms with Gasteiger partial charge in [0.1, 0.15) is 0 Å². The summed E-state index contributed by atoms with van der Waals surface area (Å²) in [5.41, 5.74) is 3.59. The molecule has 0 aliphatic heterocycles. The first-order valence-electron chi connectivity index (χ1n) is 7.29. The van der Waals surface area contributed by atoms with E-state index in [-0.39, 0.29) is 0 Å². The van der Waals surface area contributed by atoms with E-state index in [2.05, 4.69) is 20.7 Å². The van der Waals surface area contributed by atoms with Crippen molar-refractivity contribution in [1.82, 2.24) is 25.4 Å². The van der Waals surface area contributed by atoms with Crippen LogP contribution in [-0.4, -0.2) is 25.4 Å². The second-order valence-electron chi connectivity index (χ2n) is 5.33. The quantitative estimate of drug-likeness (QED) is 0.566. The molecule has 4 rings (SSSR count). The second-order valence-corrected chi connectivity index (χ2v) is 5.76. The molecule has 0 amide bonds. The normalized spacial score (nSPS) is 10.9. The maximum atomic E-state index is 5.95. The summed E-state index contributed by atoms with van der Waals surface area (Å²) in [6.45, 7) is 2.03. The van der Waals surface area contributed by atoms with Gasteiger partial charge in [0.25, 0.3) is 0 Å². The Morgan fingerprint density at radius 2 is 1.75 bits per heavy atom. The molecule has 0 bridgehead atoms. The summed E-state index contributed by atoms with van der Waals surface area (Å²) in [6.07, 6.45) is 1.61. The zero-order valence-electron chi connectivity index (χ0n) is 12.7. The van der Waals surface area contributed by atoms with Crippen molar-refractivity contribution in [3.05, 3.63) is 65.3 Å². The molecule has 7 heteroatoms. The number of aromatic nitrogens is 5. The van der Waals surface area contributed by atoms with Gasteiger partial charge in [-0.1, -0.05) is 34.5 Å². The fourth-order valence-corrected chi connectivity index (χ4v) is 2.55. The predicted molar refractivity (Wildman–Crippen MR) is 89.8 cm³/mol. The van der Waals surface area contributed by atoms with Crippen LogP contribution in [0.1, 0.15) is 5.56 Å². The van der Waals surface area contributed by atoms with E-state index >= 15 is 0 Å². The molecule has 0 saturated carbocycles. The lowest BCUT2D eigenvalue weighted by atomic mass is 10.1. The molecule has 0 aliphatic carbocycles. The topological polar surface area (TPSA) is 69.6 Å². The van der Waals surface area contributed by atoms with Crippen molar-refractivity contribution in [3.63, 3.8) is 0 Å². The Balaban J connectivity index is 1.82. The van der Waals surface area contributed by atoms with Gasteiger partial charge in [0, 0.05) is 10.6 Å². The summed E-state index contributed by atoms with van der Waals surface area (Å²) < 4.78 is 7.08. The third-order valence-electron chi connectivity index (χ3n) is 3.67. The largest absolute Gasteiger partial charge is 0.356 e. The van der Waals surface area contributed by atoms with Crippen molar-refractivity contribution in [2.45, 2.75) is 6.92 Å². The molecule has 2 aromatic carbocycles. The number of hydrogen-bond donors (Lipinski definition) is 0. The van der Waals surface area contributed by atoms with Crippen LogP contribution in [0.5, 0.6) is 0 Å². The maximum absolute atomic E-state index is 5.95. The van der Waals surface area contributed by atoms with E-state index in [0.29, 0.717) is 22.2 Å². The minimum absolute atomic E-state index is 0.560. The average Bonchev–Trinajstić information content (AvgIpc) is 3.25. The van der Waals surface area contributed by atoms with Gasteiger partial charge < -0.3 is 4.52 Å². The molecule has 0 aliphatic rings. The van der Waals surface area contributed by atoms with Crippen LogP contribution in [0.15, 0.2) is 59.3 Å². The highest BCUT2D eigenvalue weighted by Crippen LogP contribution is 2.32. The second kappa shape index (κ2) is 5.90. The summed E-state index contributed by atoms with van der Waals surface area (Å²) in [5.74, 6) is 1.15. The first kappa shape index (κ1) is 14.6. The SMILES string of the molecule is Cc1ccc(-n2nnnc2-c2cnoc2-c2ccc(Cl)cc2)cc1. The van der Waals surface area contributed by atoms with E-state index in [9.17, 15) is 0 Å². The summed E-state index contributed by atoms with van der Waals surface area (Å²) in [4.78, 5) is 0. The van der Waals surface area contributed by atoms with Gasteiger partial charge in [-0.2, -0.15) is 4.68 Å². The zero-order chi connectivity index (χ0) is 16.5. The summed E-state index contributed by atoms with van der Waals surface area (Å²) in [7, 11) is 0. The van der Waals surface area contributed by atoms with Gasteiger partial charge in [-0.25, -0.2) is 0 Å². The number of aryl methyl sites for hydroxylation is 1. The van der Waals surface area contributed by atoms with Crippen molar-refractivity contribution in [2.75, 3.05) is 0 Å². The summed E-state index contributed by atoms with van der Waals surface area (Å²) >= 11 is 5.95. The minimum Gasteiger partial charge on any atom is -0.356 e. The van der Waals surface area contributed by atoms with Crippen LogP contribution >= 0.6 is 11.6 Å². The fraction of sp³-hybridized carbons (Fsp3) is 0.0588. The molecule has 0 radical (unpaired) electrons. The fourth-order valence-electron chi connectivity index (χ4n) is 2.42. The van der Waals surface area contributed by atoms with Crippen molar-refractivity contribution >= 4 is 11.6 Å². The molecule has 4 aromatic rings. The molecule has 24 heavy (non-hydrogen) atoms. The molecule has 0 spiro atoms. The lowest BCUT2D eigenvalue weighted by molar-refractivity contribution is 0.432. The molecule has 0 unspecified atom stereocenters. The minimum atomic E-state index is 0.560. The Morgan fingerprint density at radius 1 is 1.00 bits per heavy atom. The molecule has 6 nitrogen and oxygen atoms in total. The van der Waals surface area contributed by atoms with Gasteiger partial charge >= 0.3 is 0 Å². The predicted octanol–water partition coefficient (Wildman–Crippen LogP) is 3.95. The highest BCUT2D eigenvalue weighted by Gasteiger charge is 2.19. The first-order chi connectivity index (χ1) is 11.7. The van der Waals surface area contributed by atoms with Gasteiger partial charge in [-0.3, -0.25) is 0 Å². The number of hydrogen-bond acceptors (Lipinski definition) is 5. The Morgan fingerprint density at radius 3 is 2.50 bits per heavy atom. The number of tetrazole rings is 1. The van der Waals surface area contributed by atoms with E-state index < -0.39 is 0 Å². The Kier molecular flexibility index (Phi) is 3.59. The maximum Gasteiger partial charge on any atom is 0.192 e. The van der Waals surface area contributed by atoms with Gasteiger partial charge in [-0.05, 0) is 53.7 Å². The standard InChI is InChI=1S/C17H12ClN5O/c1-11-2-8-14(9-3-11)23-17(20-21-22-23)15-10-19-24-16(15)12-4-6-13(18)7-5-12/h2-10H,1H3.